The molecule has 2 aromatic rings. The van der Waals surface area contributed by atoms with Gasteiger partial charge in [0.1, 0.15) is 12.4 Å². The maximum absolute atomic E-state index is 11.6. The molecule has 0 radical (unpaired) electrons. The van der Waals surface area contributed by atoms with Gasteiger partial charge in [0.05, 0.1) is 12.0 Å². The second-order valence-electron chi connectivity index (χ2n) is 5.10. The SMILES string of the molecule is C/C(=N\OC(=O)OCc1ccc(OS(C)(=O)=O)cc1)c1ccccc1. The van der Waals surface area contributed by atoms with Crippen molar-refractivity contribution in [2.75, 3.05) is 6.26 Å². The highest BCUT2D eigenvalue weighted by Gasteiger charge is 2.07. The molecule has 0 amide bonds. The molecule has 132 valence electrons. The Hall–Kier alpha value is -2.87. The summed E-state index contributed by atoms with van der Waals surface area (Å²) in [5.41, 5.74) is 2.01. The lowest BCUT2D eigenvalue weighted by Crippen LogP contribution is -2.07. The highest BCUT2D eigenvalue weighted by molar-refractivity contribution is 7.86. The van der Waals surface area contributed by atoms with Gasteiger partial charge in [-0.2, -0.15) is 8.42 Å². The van der Waals surface area contributed by atoms with Crippen molar-refractivity contribution in [3.8, 4) is 5.75 Å². The van der Waals surface area contributed by atoms with E-state index in [-0.39, 0.29) is 12.4 Å². The molecule has 2 aromatic carbocycles. The molecule has 0 heterocycles. The highest BCUT2D eigenvalue weighted by atomic mass is 32.2. The van der Waals surface area contributed by atoms with Crippen molar-refractivity contribution in [2.45, 2.75) is 13.5 Å². The normalized spacial score (nSPS) is 11.7. The van der Waals surface area contributed by atoms with E-state index in [4.69, 9.17) is 13.8 Å². The minimum atomic E-state index is -3.57. The molecule has 0 aliphatic carbocycles. The summed E-state index contributed by atoms with van der Waals surface area (Å²) in [6, 6.07) is 15.3. The van der Waals surface area contributed by atoms with Crippen LogP contribution in [0.1, 0.15) is 18.1 Å². The molecule has 7 nitrogen and oxygen atoms in total. The van der Waals surface area contributed by atoms with Crippen molar-refractivity contribution in [1.29, 1.82) is 0 Å². The maximum Gasteiger partial charge on any atom is 0.535 e. The molecule has 0 spiro atoms. The topological polar surface area (TPSA) is 91.3 Å². The minimum Gasteiger partial charge on any atom is -0.428 e. The second kappa shape index (κ2) is 8.29. The molecule has 0 saturated carbocycles. The summed E-state index contributed by atoms with van der Waals surface area (Å²) >= 11 is 0. The van der Waals surface area contributed by atoms with Gasteiger partial charge in [0.2, 0.25) is 0 Å². The van der Waals surface area contributed by atoms with Crippen LogP contribution in [0.5, 0.6) is 5.75 Å². The van der Waals surface area contributed by atoms with Crippen molar-refractivity contribution >= 4 is 22.0 Å². The van der Waals surface area contributed by atoms with Gasteiger partial charge in [-0.05, 0) is 30.2 Å². The van der Waals surface area contributed by atoms with Crippen LogP contribution in [0.3, 0.4) is 0 Å². The summed E-state index contributed by atoms with van der Waals surface area (Å²) in [7, 11) is -3.57. The standard InChI is InChI=1S/C17H17NO6S/c1-13(15-6-4-3-5-7-15)18-23-17(19)22-12-14-8-10-16(11-9-14)24-25(2,20)21/h3-11H,12H2,1-2H3/b18-13+. The third-order valence-corrected chi connectivity index (χ3v) is 3.47. The highest BCUT2D eigenvalue weighted by Crippen LogP contribution is 2.14. The third-order valence-electron chi connectivity index (χ3n) is 2.98. The minimum absolute atomic E-state index is 0.0438. The Balaban J connectivity index is 1.84. The summed E-state index contributed by atoms with van der Waals surface area (Å²) < 4.78 is 31.7. The molecular weight excluding hydrogens is 346 g/mol. The van der Waals surface area contributed by atoms with Gasteiger partial charge in [-0.1, -0.05) is 47.6 Å². The van der Waals surface area contributed by atoms with E-state index in [2.05, 4.69) is 5.16 Å². The number of hydrogen-bond acceptors (Lipinski definition) is 7. The third kappa shape index (κ3) is 6.64. The molecule has 0 bridgehead atoms. The Morgan fingerprint density at radius 1 is 1.04 bits per heavy atom. The summed E-state index contributed by atoms with van der Waals surface area (Å²) in [5, 5.41) is 3.72. The van der Waals surface area contributed by atoms with Gasteiger partial charge in [-0.15, -0.1) is 0 Å². The first-order valence-electron chi connectivity index (χ1n) is 7.26. The van der Waals surface area contributed by atoms with E-state index in [0.717, 1.165) is 11.8 Å². The second-order valence-corrected chi connectivity index (χ2v) is 6.68. The zero-order chi connectivity index (χ0) is 18.3. The van der Waals surface area contributed by atoms with E-state index in [1.54, 1.807) is 19.1 Å². The number of hydrogen-bond donors (Lipinski definition) is 0. The van der Waals surface area contributed by atoms with E-state index in [1.807, 2.05) is 30.3 Å². The van der Waals surface area contributed by atoms with E-state index in [1.165, 1.54) is 12.1 Å². The number of oxime groups is 1. The molecule has 8 heteroatoms. The van der Waals surface area contributed by atoms with Crippen molar-refractivity contribution in [2.24, 2.45) is 5.16 Å². The average molecular weight is 363 g/mol. The van der Waals surface area contributed by atoms with Crippen LogP contribution in [-0.2, 0) is 26.3 Å². The number of benzene rings is 2. The van der Waals surface area contributed by atoms with E-state index in [9.17, 15) is 13.2 Å². The zero-order valence-corrected chi connectivity index (χ0v) is 14.5. The fourth-order valence-electron chi connectivity index (χ4n) is 1.82. The Kier molecular flexibility index (Phi) is 6.13. The molecule has 0 aliphatic rings. The van der Waals surface area contributed by atoms with E-state index < -0.39 is 16.3 Å². The number of rotatable bonds is 6. The summed E-state index contributed by atoms with van der Waals surface area (Å²) in [6.07, 6.45) is 0.0181. The van der Waals surface area contributed by atoms with Crippen LogP contribution in [-0.4, -0.2) is 26.5 Å². The summed E-state index contributed by atoms with van der Waals surface area (Å²) in [5.74, 6) is 0.178. The molecule has 0 saturated heterocycles. The summed E-state index contributed by atoms with van der Waals surface area (Å²) in [6.45, 7) is 1.67. The fourth-order valence-corrected chi connectivity index (χ4v) is 2.28. The number of nitrogens with zero attached hydrogens (tertiary/aromatic N) is 1. The predicted molar refractivity (Wildman–Crippen MR) is 91.8 cm³/mol. The van der Waals surface area contributed by atoms with Gasteiger partial charge < -0.3 is 8.92 Å². The largest absolute Gasteiger partial charge is 0.535 e. The molecule has 0 unspecified atom stereocenters. The van der Waals surface area contributed by atoms with Crippen LogP contribution in [0.25, 0.3) is 0 Å². The Labute approximate surface area is 145 Å². The van der Waals surface area contributed by atoms with Gasteiger partial charge in [0.25, 0.3) is 0 Å². The number of carbonyl (C=O) groups is 1. The number of ether oxygens (including phenoxy) is 1. The van der Waals surface area contributed by atoms with Gasteiger partial charge in [-0.25, -0.2) is 4.79 Å². The molecule has 2 rings (SSSR count). The monoisotopic (exact) mass is 363 g/mol. The Morgan fingerprint density at radius 2 is 1.68 bits per heavy atom. The van der Waals surface area contributed by atoms with Gasteiger partial charge in [-0.3, -0.25) is 4.84 Å². The van der Waals surface area contributed by atoms with E-state index >= 15 is 0 Å². The van der Waals surface area contributed by atoms with Gasteiger partial charge >= 0.3 is 16.3 Å². The zero-order valence-electron chi connectivity index (χ0n) is 13.7. The number of carbonyl (C=O) groups excluding carboxylic acids is 1. The quantitative estimate of drug-likeness (QED) is 0.257. The Morgan fingerprint density at radius 3 is 2.28 bits per heavy atom. The van der Waals surface area contributed by atoms with Crippen LogP contribution in [0.15, 0.2) is 59.8 Å². The molecule has 0 fully saturated rings. The van der Waals surface area contributed by atoms with Crippen molar-refractivity contribution in [1.82, 2.24) is 0 Å². The van der Waals surface area contributed by atoms with Crippen LogP contribution >= 0.6 is 0 Å². The van der Waals surface area contributed by atoms with Crippen molar-refractivity contribution in [3.05, 3.63) is 65.7 Å². The van der Waals surface area contributed by atoms with Crippen LogP contribution in [0, 0.1) is 0 Å². The average Bonchev–Trinajstić information content (AvgIpc) is 2.58. The predicted octanol–water partition coefficient (Wildman–Crippen LogP) is 3.10. The Bertz CT molecular complexity index is 844. The van der Waals surface area contributed by atoms with Gasteiger partial charge in [0, 0.05) is 0 Å². The maximum atomic E-state index is 11.6. The van der Waals surface area contributed by atoms with Crippen molar-refractivity contribution in [3.63, 3.8) is 0 Å². The van der Waals surface area contributed by atoms with E-state index in [0.29, 0.717) is 11.3 Å². The molecule has 0 N–H and O–H groups in total. The molecular formula is C17H17NO6S. The molecule has 0 atom stereocenters. The van der Waals surface area contributed by atoms with Gasteiger partial charge in [0.15, 0.2) is 0 Å². The first-order valence-corrected chi connectivity index (χ1v) is 9.07. The lowest BCUT2D eigenvalue weighted by atomic mass is 10.1. The first-order chi connectivity index (χ1) is 11.8. The molecule has 0 aromatic heterocycles. The first kappa shape index (κ1) is 18.5. The smallest absolute Gasteiger partial charge is 0.428 e. The lowest BCUT2D eigenvalue weighted by Gasteiger charge is -2.05. The fraction of sp³-hybridized carbons (Fsp3) is 0.176. The van der Waals surface area contributed by atoms with Crippen LogP contribution in [0.2, 0.25) is 0 Å². The lowest BCUT2D eigenvalue weighted by molar-refractivity contribution is 0.0519. The van der Waals surface area contributed by atoms with Crippen LogP contribution in [0.4, 0.5) is 4.79 Å². The van der Waals surface area contributed by atoms with Crippen molar-refractivity contribution < 1.29 is 27.0 Å². The molecule has 25 heavy (non-hydrogen) atoms. The van der Waals surface area contributed by atoms with Crippen LogP contribution < -0.4 is 4.18 Å². The summed E-state index contributed by atoms with van der Waals surface area (Å²) in [4.78, 5) is 16.2. The molecule has 0 aliphatic heterocycles.